The number of aliphatic hydroxyl groups excluding tert-OH is 1. The third-order valence-electron chi connectivity index (χ3n) is 4.36. The van der Waals surface area contributed by atoms with Gasteiger partial charge in [0.1, 0.15) is 12.4 Å². The highest BCUT2D eigenvalue weighted by Gasteiger charge is 2.34. The van der Waals surface area contributed by atoms with E-state index in [2.05, 4.69) is 6.92 Å². The van der Waals surface area contributed by atoms with Crippen LogP contribution < -0.4 is 0 Å². The molecule has 5 nitrogen and oxygen atoms in total. The second-order valence-electron chi connectivity index (χ2n) is 5.50. The summed E-state index contributed by atoms with van der Waals surface area (Å²) in [5, 5.41) is 9.51. The zero-order chi connectivity index (χ0) is 14.6. The van der Waals surface area contributed by atoms with Gasteiger partial charge in [-0.3, -0.25) is 4.79 Å². The van der Waals surface area contributed by atoms with Crippen LogP contribution in [0, 0.1) is 5.41 Å². The first kappa shape index (κ1) is 15.1. The molecule has 1 aromatic rings. The maximum Gasteiger partial charge on any atom is 0.289 e. The third-order valence-corrected chi connectivity index (χ3v) is 4.36. The maximum absolute atomic E-state index is 12.3. The van der Waals surface area contributed by atoms with Crippen molar-refractivity contribution in [2.24, 2.45) is 5.41 Å². The predicted octanol–water partition coefficient (Wildman–Crippen LogP) is 2.05. The molecule has 0 atom stereocenters. The lowest BCUT2D eigenvalue weighted by Crippen LogP contribution is -2.44. The van der Waals surface area contributed by atoms with E-state index >= 15 is 0 Å². The van der Waals surface area contributed by atoms with Crippen LogP contribution in [-0.2, 0) is 11.3 Å². The predicted molar refractivity (Wildman–Crippen MR) is 74.4 cm³/mol. The lowest BCUT2D eigenvalue weighted by molar-refractivity contribution is 0.0317. The van der Waals surface area contributed by atoms with Crippen molar-refractivity contribution in [1.82, 2.24) is 4.90 Å². The van der Waals surface area contributed by atoms with Crippen molar-refractivity contribution in [3.63, 3.8) is 0 Å². The molecule has 1 aromatic heterocycles. The first-order chi connectivity index (χ1) is 9.64. The largest absolute Gasteiger partial charge is 0.453 e. The van der Waals surface area contributed by atoms with Crippen LogP contribution >= 0.6 is 0 Å². The van der Waals surface area contributed by atoms with Crippen molar-refractivity contribution in [2.45, 2.75) is 32.8 Å². The number of methoxy groups -OCH3 is 1. The number of nitrogens with zero attached hydrogens (tertiary/aromatic N) is 1. The van der Waals surface area contributed by atoms with Gasteiger partial charge in [-0.15, -0.1) is 0 Å². The van der Waals surface area contributed by atoms with E-state index in [1.165, 1.54) is 0 Å². The Bertz CT molecular complexity index is 440. The summed E-state index contributed by atoms with van der Waals surface area (Å²) in [5.74, 6) is 0.950. The molecule has 2 rings (SSSR count). The summed E-state index contributed by atoms with van der Waals surface area (Å²) in [6.45, 7) is 4.01. The molecule has 0 spiro atoms. The SMILES string of the molecule is CCC1(CO)CCN(C(=O)c2ccc(COC)o2)CC1. The summed E-state index contributed by atoms with van der Waals surface area (Å²) in [7, 11) is 1.59. The Kier molecular flexibility index (Phi) is 4.83. The number of carbonyl (C=O) groups is 1. The van der Waals surface area contributed by atoms with Crippen LogP contribution in [0.25, 0.3) is 0 Å². The van der Waals surface area contributed by atoms with Gasteiger partial charge in [-0.2, -0.15) is 0 Å². The van der Waals surface area contributed by atoms with E-state index in [1.807, 2.05) is 0 Å². The number of hydrogen-bond acceptors (Lipinski definition) is 4. The lowest BCUT2D eigenvalue weighted by atomic mass is 9.77. The highest BCUT2D eigenvalue weighted by atomic mass is 16.5. The van der Waals surface area contributed by atoms with Crippen LogP contribution in [0.1, 0.15) is 42.5 Å². The van der Waals surface area contributed by atoms with E-state index < -0.39 is 0 Å². The molecule has 0 aromatic carbocycles. The minimum absolute atomic E-state index is 0.0127. The van der Waals surface area contributed by atoms with Gasteiger partial charge in [-0.05, 0) is 36.8 Å². The third kappa shape index (κ3) is 3.04. The number of ether oxygens (including phenoxy) is 1. The Hall–Kier alpha value is -1.33. The van der Waals surface area contributed by atoms with Gasteiger partial charge in [0.05, 0.1) is 0 Å². The normalized spacial score (nSPS) is 18.2. The molecule has 1 fully saturated rings. The van der Waals surface area contributed by atoms with E-state index in [0.717, 1.165) is 19.3 Å². The number of carbonyl (C=O) groups excluding carboxylic acids is 1. The second-order valence-corrected chi connectivity index (χ2v) is 5.50. The van der Waals surface area contributed by atoms with Crippen LogP contribution in [0.3, 0.4) is 0 Å². The van der Waals surface area contributed by atoms with Crippen LogP contribution in [0.4, 0.5) is 0 Å². The molecule has 112 valence electrons. The van der Waals surface area contributed by atoms with Gasteiger partial charge in [0.2, 0.25) is 0 Å². The van der Waals surface area contributed by atoms with Crippen LogP contribution in [-0.4, -0.2) is 42.7 Å². The summed E-state index contributed by atoms with van der Waals surface area (Å²) in [4.78, 5) is 14.1. The smallest absolute Gasteiger partial charge is 0.289 e. The van der Waals surface area contributed by atoms with Gasteiger partial charge >= 0.3 is 0 Å². The van der Waals surface area contributed by atoms with Crippen molar-refractivity contribution < 1.29 is 19.1 Å². The quantitative estimate of drug-likeness (QED) is 0.897. The molecule has 0 aliphatic carbocycles. The second kappa shape index (κ2) is 6.41. The fourth-order valence-corrected chi connectivity index (χ4v) is 2.68. The van der Waals surface area contributed by atoms with Gasteiger partial charge in [-0.25, -0.2) is 0 Å². The Morgan fingerprint density at radius 2 is 2.15 bits per heavy atom. The van der Waals surface area contributed by atoms with E-state index in [1.54, 1.807) is 24.1 Å². The minimum Gasteiger partial charge on any atom is -0.453 e. The fraction of sp³-hybridized carbons (Fsp3) is 0.667. The van der Waals surface area contributed by atoms with Crippen molar-refractivity contribution in [1.29, 1.82) is 0 Å². The molecule has 0 radical (unpaired) electrons. The standard InChI is InChI=1S/C15H23NO4/c1-3-15(11-17)6-8-16(9-7-15)14(18)13-5-4-12(20-13)10-19-2/h4-5,17H,3,6-11H2,1-2H3. The Labute approximate surface area is 119 Å². The summed E-state index contributed by atoms with van der Waals surface area (Å²) < 4.78 is 10.5. The summed E-state index contributed by atoms with van der Waals surface area (Å²) in [6, 6.07) is 3.47. The van der Waals surface area contributed by atoms with Crippen molar-refractivity contribution in [2.75, 3.05) is 26.8 Å². The van der Waals surface area contributed by atoms with Crippen molar-refractivity contribution >= 4 is 5.91 Å². The molecule has 0 bridgehead atoms. The highest BCUT2D eigenvalue weighted by molar-refractivity contribution is 5.91. The molecule has 1 N–H and O–H groups in total. The molecule has 20 heavy (non-hydrogen) atoms. The molecule has 0 saturated carbocycles. The lowest BCUT2D eigenvalue weighted by Gasteiger charge is -2.39. The number of aliphatic hydroxyl groups is 1. The zero-order valence-corrected chi connectivity index (χ0v) is 12.2. The average molecular weight is 281 g/mol. The molecule has 5 heteroatoms. The van der Waals surface area contributed by atoms with Gasteiger partial charge in [0, 0.05) is 26.8 Å². The Balaban J connectivity index is 1.97. The molecule has 2 heterocycles. The monoisotopic (exact) mass is 281 g/mol. The summed E-state index contributed by atoms with van der Waals surface area (Å²) in [5.41, 5.74) is -0.0127. The number of rotatable bonds is 5. The van der Waals surface area contributed by atoms with Crippen LogP contribution in [0.5, 0.6) is 0 Å². The van der Waals surface area contributed by atoms with Crippen LogP contribution in [0.2, 0.25) is 0 Å². The number of hydrogen-bond donors (Lipinski definition) is 1. The van der Waals surface area contributed by atoms with Gasteiger partial charge in [-0.1, -0.05) is 6.92 Å². The first-order valence-electron chi connectivity index (χ1n) is 7.12. The summed E-state index contributed by atoms with van der Waals surface area (Å²) >= 11 is 0. The number of piperidine rings is 1. The van der Waals surface area contributed by atoms with E-state index in [9.17, 15) is 9.90 Å². The Morgan fingerprint density at radius 3 is 2.70 bits per heavy atom. The minimum atomic E-state index is -0.0741. The van der Waals surface area contributed by atoms with Gasteiger partial charge < -0.3 is 19.2 Å². The topological polar surface area (TPSA) is 62.9 Å². The summed E-state index contributed by atoms with van der Waals surface area (Å²) in [6.07, 6.45) is 2.64. The molecular formula is C15H23NO4. The number of furan rings is 1. The van der Waals surface area contributed by atoms with Gasteiger partial charge in [0.15, 0.2) is 5.76 Å². The van der Waals surface area contributed by atoms with E-state index in [0.29, 0.717) is 31.2 Å². The van der Waals surface area contributed by atoms with Crippen LogP contribution in [0.15, 0.2) is 16.5 Å². The van der Waals surface area contributed by atoms with Crippen molar-refractivity contribution in [3.05, 3.63) is 23.7 Å². The van der Waals surface area contributed by atoms with E-state index in [-0.39, 0.29) is 17.9 Å². The van der Waals surface area contributed by atoms with Gasteiger partial charge in [0.25, 0.3) is 5.91 Å². The number of likely N-dealkylation sites (tertiary alicyclic amines) is 1. The van der Waals surface area contributed by atoms with Crippen molar-refractivity contribution in [3.8, 4) is 0 Å². The molecular weight excluding hydrogens is 258 g/mol. The average Bonchev–Trinajstić information content (AvgIpc) is 2.96. The molecule has 1 amide bonds. The Morgan fingerprint density at radius 1 is 1.45 bits per heavy atom. The molecule has 1 saturated heterocycles. The maximum atomic E-state index is 12.3. The van der Waals surface area contributed by atoms with E-state index in [4.69, 9.17) is 9.15 Å². The highest BCUT2D eigenvalue weighted by Crippen LogP contribution is 2.34. The first-order valence-corrected chi connectivity index (χ1v) is 7.12. The zero-order valence-electron chi connectivity index (χ0n) is 12.2. The molecule has 0 unspecified atom stereocenters. The molecule has 1 aliphatic heterocycles. The molecule has 1 aliphatic rings. The number of amides is 1. The fourth-order valence-electron chi connectivity index (χ4n) is 2.68.